The van der Waals surface area contributed by atoms with Gasteiger partial charge in [0, 0.05) is 65.4 Å². The number of nitrogens with zero attached hydrogens (tertiary/aromatic N) is 5. The van der Waals surface area contributed by atoms with Crippen LogP contribution in [0.2, 0.25) is 0 Å². The van der Waals surface area contributed by atoms with E-state index in [1.54, 1.807) is 7.11 Å². The zero-order valence-electron chi connectivity index (χ0n) is 17.6. The van der Waals surface area contributed by atoms with Crippen LogP contribution in [0.5, 0.6) is 5.75 Å². The first-order valence-electron chi connectivity index (χ1n) is 9.84. The number of guanidine groups is 1. The molecule has 1 aromatic rings. The molecule has 7 nitrogen and oxygen atoms in total. The van der Waals surface area contributed by atoms with Crippen LogP contribution in [-0.4, -0.2) is 107 Å². The van der Waals surface area contributed by atoms with Crippen LogP contribution in [-0.2, 0) is 0 Å². The van der Waals surface area contributed by atoms with E-state index in [-0.39, 0.29) is 24.0 Å². The third kappa shape index (κ3) is 5.64. The summed E-state index contributed by atoms with van der Waals surface area (Å²) in [6.07, 6.45) is 0. The molecule has 28 heavy (non-hydrogen) atoms. The molecule has 0 aromatic heterocycles. The predicted octanol–water partition coefficient (Wildman–Crippen LogP) is 1.26. The molecule has 8 heteroatoms. The van der Waals surface area contributed by atoms with Crippen LogP contribution in [0.15, 0.2) is 29.3 Å². The second kappa shape index (κ2) is 11.1. The SMILES string of the molecule is CN=C(NCC1CN(C)CCN1C)N1CCN(c2ccccc2OC)CC1.I. The van der Waals surface area contributed by atoms with Crippen LogP contribution < -0.4 is 15.0 Å². The molecule has 0 aliphatic carbocycles. The molecular formula is C20H35IN6O. The smallest absolute Gasteiger partial charge is 0.193 e. The van der Waals surface area contributed by atoms with E-state index in [4.69, 9.17) is 4.74 Å². The average molecular weight is 502 g/mol. The standard InChI is InChI=1S/C20H34N6O.HI/c1-21-20(22-15-17-16-23(2)9-10-24(17)3)26-13-11-25(12-14-26)18-7-5-6-8-19(18)27-4;/h5-8,17H,9-16H2,1-4H3,(H,21,22);1H. The second-order valence-electron chi connectivity index (χ2n) is 7.47. The van der Waals surface area contributed by atoms with Crippen LogP contribution in [0, 0.1) is 0 Å². The van der Waals surface area contributed by atoms with E-state index in [2.05, 4.69) is 56.1 Å². The Bertz CT molecular complexity index is 635. The van der Waals surface area contributed by atoms with Crippen molar-refractivity contribution in [3.8, 4) is 5.75 Å². The van der Waals surface area contributed by atoms with Crippen molar-refractivity contribution in [1.82, 2.24) is 20.0 Å². The van der Waals surface area contributed by atoms with E-state index in [0.717, 1.165) is 64.1 Å². The van der Waals surface area contributed by atoms with E-state index in [1.165, 1.54) is 5.69 Å². The number of ether oxygens (including phenoxy) is 1. The molecule has 2 fully saturated rings. The lowest BCUT2D eigenvalue weighted by molar-refractivity contribution is 0.116. The summed E-state index contributed by atoms with van der Waals surface area (Å²) in [6, 6.07) is 8.78. The van der Waals surface area contributed by atoms with Gasteiger partial charge < -0.3 is 24.8 Å². The maximum absolute atomic E-state index is 5.52. The Morgan fingerprint density at radius 2 is 1.82 bits per heavy atom. The number of likely N-dealkylation sites (N-methyl/N-ethyl adjacent to an activating group) is 2. The number of benzene rings is 1. The van der Waals surface area contributed by atoms with Gasteiger partial charge in [-0.1, -0.05) is 12.1 Å². The number of hydrogen-bond acceptors (Lipinski definition) is 5. The molecule has 1 atom stereocenters. The molecule has 2 heterocycles. The predicted molar refractivity (Wildman–Crippen MR) is 127 cm³/mol. The number of piperazine rings is 2. The number of para-hydroxylation sites is 2. The van der Waals surface area contributed by atoms with E-state index >= 15 is 0 Å². The molecule has 0 bridgehead atoms. The van der Waals surface area contributed by atoms with E-state index in [1.807, 2.05) is 19.2 Å². The fourth-order valence-electron chi connectivity index (χ4n) is 3.91. The van der Waals surface area contributed by atoms with Gasteiger partial charge >= 0.3 is 0 Å². The Hall–Kier alpha value is -1.26. The van der Waals surface area contributed by atoms with E-state index in [0.29, 0.717) is 6.04 Å². The van der Waals surface area contributed by atoms with Crippen molar-refractivity contribution < 1.29 is 4.74 Å². The Kier molecular flexibility index (Phi) is 9.10. The van der Waals surface area contributed by atoms with Crippen LogP contribution in [0.1, 0.15) is 0 Å². The molecule has 2 saturated heterocycles. The molecular weight excluding hydrogens is 467 g/mol. The number of aliphatic imine (C=N–C) groups is 1. The number of halogens is 1. The lowest BCUT2D eigenvalue weighted by Gasteiger charge is -2.40. The van der Waals surface area contributed by atoms with Crippen molar-refractivity contribution in [2.75, 3.05) is 85.5 Å². The minimum atomic E-state index is 0. The van der Waals surface area contributed by atoms with E-state index in [9.17, 15) is 0 Å². The molecule has 1 unspecified atom stereocenters. The van der Waals surface area contributed by atoms with Gasteiger partial charge in [0.15, 0.2) is 5.96 Å². The highest BCUT2D eigenvalue weighted by atomic mass is 127. The van der Waals surface area contributed by atoms with Crippen molar-refractivity contribution in [2.45, 2.75) is 6.04 Å². The van der Waals surface area contributed by atoms with Gasteiger partial charge in [0.2, 0.25) is 0 Å². The molecule has 0 amide bonds. The fourth-order valence-corrected chi connectivity index (χ4v) is 3.91. The summed E-state index contributed by atoms with van der Waals surface area (Å²) in [7, 11) is 8.03. The maximum atomic E-state index is 5.52. The van der Waals surface area contributed by atoms with Crippen molar-refractivity contribution in [1.29, 1.82) is 0 Å². The first-order valence-corrected chi connectivity index (χ1v) is 9.84. The highest BCUT2D eigenvalue weighted by Crippen LogP contribution is 2.28. The monoisotopic (exact) mass is 502 g/mol. The summed E-state index contributed by atoms with van der Waals surface area (Å²) in [5.41, 5.74) is 1.18. The summed E-state index contributed by atoms with van der Waals surface area (Å²) in [5.74, 6) is 1.95. The Morgan fingerprint density at radius 1 is 1.11 bits per heavy atom. The quantitative estimate of drug-likeness (QED) is 0.380. The van der Waals surface area contributed by atoms with Crippen LogP contribution in [0.4, 0.5) is 5.69 Å². The van der Waals surface area contributed by atoms with Gasteiger partial charge in [0.05, 0.1) is 12.8 Å². The fraction of sp³-hybridized carbons (Fsp3) is 0.650. The lowest BCUT2D eigenvalue weighted by Crippen LogP contribution is -2.57. The molecule has 158 valence electrons. The Balaban J connectivity index is 0.00000280. The number of rotatable bonds is 4. The van der Waals surface area contributed by atoms with Gasteiger partial charge in [0.1, 0.15) is 5.75 Å². The summed E-state index contributed by atoms with van der Waals surface area (Å²) >= 11 is 0. The zero-order valence-corrected chi connectivity index (χ0v) is 19.9. The summed E-state index contributed by atoms with van der Waals surface area (Å²) in [6.45, 7) is 8.14. The molecule has 3 rings (SSSR count). The summed E-state index contributed by atoms with van der Waals surface area (Å²) in [5, 5.41) is 3.60. The van der Waals surface area contributed by atoms with E-state index < -0.39 is 0 Å². The molecule has 0 spiro atoms. The molecule has 1 N–H and O–H groups in total. The average Bonchev–Trinajstić information content (AvgIpc) is 2.71. The van der Waals surface area contributed by atoms with Gasteiger partial charge in [0.25, 0.3) is 0 Å². The number of methoxy groups -OCH3 is 1. The van der Waals surface area contributed by atoms with Gasteiger partial charge in [-0.25, -0.2) is 0 Å². The third-order valence-electron chi connectivity index (χ3n) is 5.69. The summed E-state index contributed by atoms with van der Waals surface area (Å²) in [4.78, 5) is 14.1. The number of anilines is 1. The topological polar surface area (TPSA) is 46.6 Å². The van der Waals surface area contributed by atoms with Crippen molar-refractivity contribution >= 4 is 35.6 Å². The van der Waals surface area contributed by atoms with Crippen molar-refractivity contribution in [3.63, 3.8) is 0 Å². The molecule has 1 aromatic carbocycles. The first-order chi connectivity index (χ1) is 13.1. The number of nitrogens with one attached hydrogen (secondary N) is 1. The maximum Gasteiger partial charge on any atom is 0.193 e. The van der Waals surface area contributed by atoms with Crippen molar-refractivity contribution in [2.24, 2.45) is 4.99 Å². The minimum Gasteiger partial charge on any atom is -0.495 e. The molecule has 0 saturated carbocycles. The first kappa shape index (κ1) is 23.0. The third-order valence-corrected chi connectivity index (χ3v) is 5.69. The molecule has 0 radical (unpaired) electrons. The normalized spacial score (nSPS) is 22.0. The Labute approximate surface area is 186 Å². The number of hydrogen-bond donors (Lipinski definition) is 1. The Morgan fingerprint density at radius 3 is 2.50 bits per heavy atom. The highest BCUT2D eigenvalue weighted by Gasteiger charge is 2.25. The van der Waals surface area contributed by atoms with Gasteiger partial charge in [-0.3, -0.25) is 9.89 Å². The zero-order chi connectivity index (χ0) is 19.2. The highest BCUT2D eigenvalue weighted by molar-refractivity contribution is 14.0. The lowest BCUT2D eigenvalue weighted by atomic mass is 10.2. The van der Waals surface area contributed by atoms with Crippen molar-refractivity contribution in [3.05, 3.63) is 24.3 Å². The second-order valence-corrected chi connectivity index (χ2v) is 7.47. The molecule has 2 aliphatic heterocycles. The largest absolute Gasteiger partial charge is 0.495 e. The van der Waals surface area contributed by atoms with Crippen LogP contribution in [0.3, 0.4) is 0 Å². The van der Waals surface area contributed by atoms with Crippen LogP contribution in [0.25, 0.3) is 0 Å². The van der Waals surface area contributed by atoms with Gasteiger partial charge in [-0.05, 0) is 26.2 Å². The minimum absolute atomic E-state index is 0. The van der Waals surface area contributed by atoms with Gasteiger partial charge in [-0.2, -0.15) is 0 Å². The molecule has 2 aliphatic rings. The summed E-state index contributed by atoms with van der Waals surface area (Å²) < 4.78 is 5.52. The van der Waals surface area contributed by atoms with Gasteiger partial charge in [-0.15, -0.1) is 24.0 Å². The van der Waals surface area contributed by atoms with Crippen LogP contribution >= 0.6 is 24.0 Å².